The summed E-state index contributed by atoms with van der Waals surface area (Å²) in [4.78, 5) is 17.6. The summed E-state index contributed by atoms with van der Waals surface area (Å²) in [6.07, 6.45) is 0. The first-order chi connectivity index (χ1) is 13.5. The van der Waals surface area contributed by atoms with E-state index < -0.39 is 11.6 Å². The maximum absolute atomic E-state index is 13.0. The number of carbonyl (C=O) groups excluding carboxylic acids is 1. The number of carbonyl (C=O) groups is 1. The number of piperazine rings is 1. The Kier molecular flexibility index (Phi) is 6.67. The number of methoxy groups -OCH3 is 1. The summed E-state index contributed by atoms with van der Waals surface area (Å²) in [7, 11) is 3.65. The van der Waals surface area contributed by atoms with Gasteiger partial charge in [-0.1, -0.05) is 42.5 Å². The summed E-state index contributed by atoms with van der Waals surface area (Å²) in [5.41, 5.74) is -1.01. The molecule has 6 nitrogen and oxygen atoms in total. The maximum atomic E-state index is 13.0. The molecule has 0 saturated carbocycles. The molecule has 6 heteroatoms. The number of likely N-dealkylation sites (N-methyl/N-ethyl adjacent to an activating group) is 1. The van der Waals surface area contributed by atoms with Crippen molar-refractivity contribution in [3.63, 3.8) is 0 Å². The fourth-order valence-electron chi connectivity index (χ4n) is 3.37. The Morgan fingerprint density at radius 3 is 2.39 bits per heavy atom. The van der Waals surface area contributed by atoms with Crippen molar-refractivity contribution in [3.05, 3.63) is 65.7 Å². The normalized spacial score (nSPS) is 17.7. The number of hydrogen-bond acceptors (Lipinski definition) is 6. The van der Waals surface area contributed by atoms with Crippen LogP contribution in [0.2, 0.25) is 0 Å². The smallest absolute Gasteiger partial charge is 0.347 e. The average molecular weight is 384 g/mol. The van der Waals surface area contributed by atoms with Crippen molar-refractivity contribution in [3.8, 4) is 5.75 Å². The van der Waals surface area contributed by atoms with Crippen LogP contribution in [-0.4, -0.2) is 74.4 Å². The van der Waals surface area contributed by atoms with Crippen LogP contribution < -0.4 is 4.74 Å². The first kappa shape index (κ1) is 20.3. The third-order valence-corrected chi connectivity index (χ3v) is 5.21. The Labute approximate surface area is 166 Å². The van der Waals surface area contributed by atoms with E-state index in [1.54, 1.807) is 55.6 Å². The van der Waals surface area contributed by atoms with Crippen LogP contribution in [0.5, 0.6) is 5.75 Å². The molecule has 1 saturated heterocycles. The number of benzene rings is 2. The highest BCUT2D eigenvalue weighted by molar-refractivity contribution is 5.85. The Morgan fingerprint density at radius 1 is 1.04 bits per heavy atom. The second-order valence-corrected chi connectivity index (χ2v) is 7.09. The molecular weight excluding hydrogens is 356 g/mol. The molecule has 0 bridgehead atoms. The number of esters is 1. The largest absolute Gasteiger partial charge is 0.497 e. The zero-order valence-electron chi connectivity index (χ0n) is 16.5. The molecule has 0 amide bonds. The standard InChI is InChI=1S/C22H28N2O4/c1-23-11-13-24(14-12-23)15-16-28-21(25)22(26,18-7-4-3-5-8-18)19-9-6-10-20(17-19)27-2/h3-10,17,26H,11-16H2,1-2H3. The lowest BCUT2D eigenvalue weighted by atomic mass is 9.86. The van der Waals surface area contributed by atoms with Gasteiger partial charge in [-0.3, -0.25) is 4.90 Å². The molecule has 0 radical (unpaired) electrons. The molecule has 0 aromatic heterocycles. The van der Waals surface area contributed by atoms with Gasteiger partial charge in [-0.25, -0.2) is 4.79 Å². The molecule has 1 fully saturated rings. The van der Waals surface area contributed by atoms with Gasteiger partial charge in [0.1, 0.15) is 12.4 Å². The lowest BCUT2D eigenvalue weighted by molar-refractivity contribution is -0.162. The van der Waals surface area contributed by atoms with Gasteiger partial charge in [-0.05, 0) is 24.7 Å². The minimum atomic E-state index is -1.89. The number of hydrogen-bond donors (Lipinski definition) is 1. The highest BCUT2D eigenvalue weighted by Gasteiger charge is 2.42. The van der Waals surface area contributed by atoms with E-state index in [0.29, 0.717) is 23.4 Å². The van der Waals surface area contributed by atoms with E-state index in [-0.39, 0.29) is 6.61 Å². The van der Waals surface area contributed by atoms with Crippen molar-refractivity contribution in [2.24, 2.45) is 0 Å². The van der Waals surface area contributed by atoms with Crippen LogP contribution in [0.3, 0.4) is 0 Å². The predicted octanol–water partition coefficient (Wildman–Crippen LogP) is 1.72. The van der Waals surface area contributed by atoms with Crippen LogP contribution in [0, 0.1) is 0 Å². The quantitative estimate of drug-likeness (QED) is 0.734. The molecule has 1 aliphatic heterocycles. The van der Waals surface area contributed by atoms with Gasteiger partial charge in [0.25, 0.3) is 0 Å². The van der Waals surface area contributed by atoms with Crippen LogP contribution in [0.25, 0.3) is 0 Å². The van der Waals surface area contributed by atoms with E-state index in [0.717, 1.165) is 26.2 Å². The van der Waals surface area contributed by atoms with Crippen molar-refractivity contribution in [2.45, 2.75) is 5.60 Å². The highest BCUT2D eigenvalue weighted by atomic mass is 16.5. The maximum Gasteiger partial charge on any atom is 0.347 e. The Balaban J connectivity index is 1.76. The molecular formula is C22H28N2O4. The molecule has 28 heavy (non-hydrogen) atoms. The van der Waals surface area contributed by atoms with Gasteiger partial charge in [0.05, 0.1) is 7.11 Å². The van der Waals surface area contributed by atoms with E-state index in [1.807, 2.05) is 6.07 Å². The molecule has 3 rings (SSSR count). The molecule has 150 valence electrons. The first-order valence-corrected chi connectivity index (χ1v) is 9.54. The molecule has 2 aromatic rings. The minimum Gasteiger partial charge on any atom is -0.497 e. The summed E-state index contributed by atoms with van der Waals surface area (Å²) in [5.74, 6) is -0.113. The van der Waals surface area contributed by atoms with Gasteiger partial charge in [-0.15, -0.1) is 0 Å². The van der Waals surface area contributed by atoms with E-state index in [2.05, 4.69) is 16.8 Å². The van der Waals surface area contributed by atoms with Crippen molar-refractivity contribution in [1.29, 1.82) is 0 Å². The van der Waals surface area contributed by atoms with Gasteiger partial charge in [0, 0.05) is 38.3 Å². The average Bonchev–Trinajstić information content (AvgIpc) is 2.75. The zero-order chi connectivity index (χ0) is 20.0. The van der Waals surface area contributed by atoms with Gasteiger partial charge in [0.2, 0.25) is 5.60 Å². The SMILES string of the molecule is COc1cccc(C(O)(C(=O)OCCN2CCN(C)CC2)c2ccccc2)c1. The Hall–Kier alpha value is -2.41. The molecule has 0 aliphatic carbocycles. The van der Waals surface area contributed by atoms with E-state index in [1.165, 1.54) is 0 Å². The molecule has 1 heterocycles. The summed E-state index contributed by atoms with van der Waals surface area (Å²) in [5, 5.41) is 11.5. The summed E-state index contributed by atoms with van der Waals surface area (Å²) in [6.45, 7) is 4.81. The van der Waals surface area contributed by atoms with Gasteiger partial charge in [0.15, 0.2) is 0 Å². The van der Waals surface area contributed by atoms with Gasteiger partial charge < -0.3 is 19.5 Å². The Morgan fingerprint density at radius 2 is 1.71 bits per heavy atom. The second-order valence-electron chi connectivity index (χ2n) is 7.09. The van der Waals surface area contributed by atoms with E-state index >= 15 is 0 Å². The van der Waals surface area contributed by atoms with Gasteiger partial charge in [-0.2, -0.15) is 0 Å². The Bertz CT molecular complexity index is 775. The third kappa shape index (κ3) is 4.52. The van der Waals surface area contributed by atoms with Gasteiger partial charge >= 0.3 is 5.97 Å². The molecule has 1 aliphatic rings. The van der Waals surface area contributed by atoms with Crippen molar-refractivity contribution in [2.75, 3.05) is 53.5 Å². The summed E-state index contributed by atoms with van der Waals surface area (Å²) < 4.78 is 10.8. The second kappa shape index (κ2) is 9.19. The van der Waals surface area contributed by atoms with Crippen molar-refractivity contribution < 1.29 is 19.4 Å². The first-order valence-electron chi connectivity index (χ1n) is 9.54. The molecule has 1 unspecified atom stereocenters. The molecule has 1 atom stereocenters. The fraction of sp³-hybridized carbons (Fsp3) is 0.409. The van der Waals surface area contributed by atoms with Crippen molar-refractivity contribution >= 4 is 5.97 Å². The van der Waals surface area contributed by atoms with Crippen LogP contribution in [0.1, 0.15) is 11.1 Å². The number of aliphatic hydroxyl groups is 1. The summed E-state index contributed by atoms with van der Waals surface area (Å²) >= 11 is 0. The lowest BCUT2D eigenvalue weighted by Gasteiger charge is -2.32. The van der Waals surface area contributed by atoms with E-state index in [9.17, 15) is 9.90 Å². The van der Waals surface area contributed by atoms with Crippen LogP contribution in [-0.2, 0) is 15.1 Å². The molecule has 1 N–H and O–H groups in total. The van der Waals surface area contributed by atoms with Crippen LogP contribution >= 0.6 is 0 Å². The van der Waals surface area contributed by atoms with E-state index in [4.69, 9.17) is 9.47 Å². The zero-order valence-corrected chi connectivity index (χ0v) is 16.5. The summed E-state index contributed by atoms with van der Waals surface area (Å²) in [6, 6.07) is 15.8. The predicted molar refractivity (Wildman–Crippen MR) is 107 cm³/mol. The fourth-order valence-corrected chi connectivity index (χ4v) is 3.37. The highest BCUT2D eigenvalue weighted by Crippen LogP contribution is 2.33. The van der Waals surface area contributed by atoms with Crippen LogP contribution in [0.4, 0.5) is 0 Å². The van der Waals surface area contributed by atoms with Crippen LogP contribution in [0.15, 0.2) is 54.6 Å². The third-order valence-electron chi connectivity index (χ3n) is 5.21. The topological polar surface area (TPSA) is 62.2 Å². The minimum absolute atomic E-state index is 0.238. The number of nitrogens with zero attached hydrogens (tertiary/aromatic N) is 2. The molecule has 2 aromatic carbocycles. The molecule has 0 spiro atoms. The number of rotatable bonds is 7. The number of ether oxygens (including phenoxy) is 2. The lowest BCUT2D eigenvalue weighted by Crippen LogP contribution is -2.46. The monoisotopic (exact) mass is 384 g/mol. The van der Waals surface area contributed by atoms with Crippen molar-refractivity contribution in [1.82, 2.24) is 9.80 Å².